The number of aromatic nitrogens is 5. The van der Waals surface area contributed by atoms with E-state index in [4.69, 9.17) is 4.74 Å². The molecule has 0 aromatic carbocycles. The lowest BCUT2D eigenvalue weighted by molar-refractivity contribution is -0.136. The number of likely N-dealkylation sites (tertiary alicyclic amines) is 1. The Bertz CT molecular complexity index is 1390. The number of carbonyl (C=O) groups is 1. The normalized spacial score (nSPS) is 22.8. The van der Waals surface area contributed by atoms with Crippen LogP contribution in [0.4, 0.5) is 10.3 Å². The van der Waals surface area contributed by atoms with Crippen LogP contribution in [0.25, 0.3) is 27.8 Å². The van der Waals surface area contributed by atoms with Crippen LogP contribution in [0.1, 0.15) is 32.6 Å². The Labute approximate surface area is 189 Å². The van der Waals surface area contributed by atoms with Crippen LogP contribution in [0.5, 0.6) is 5.88 Å². The fourth-order valence-corrected chi connectivity index (χ4v) is 5.30. The molecule has 9 nitrogen and oxygen atoms in total. The predicted molar refractivity (Wildman–Crippen MR) is 121 cm³/mol. The summed E-state index contributed by atoms with van der Waals surface area (Å²) in [6, 6.07) is 1.63. The van der Waals surface area contributed by atoms with Crippen molar-refractivity contribution < 1.29 is 13.9 Å². The molecule has 1 saturated heterocycles. The molecule has 10 heteroatoms. The number of aromatic amines is 1. The highest BCUT2D eigenvalue weighted by Gasteiger charge is 2.48. The van der Waals surface area contributed by atoms with Gasteiger partial charge in [0.2, 0.25) is 17.7 Å². The number of fused-ring (bicyclic) bond motifs is 2. The molecular weight excluding hydrogens is 425 g/mol. The van der Waals surface area contributed by atoms with Crippen LogP contribution in [-0.4, -0.2) is 60.4 Å². The molecule has 1 saturated carbocycles. The number of imidazole rings is 1. The van der Waals surface area contributed by atoms with Crippen LogP contribution >= 0.6 is 0 Å². The molecule has 4 aromatic heterocycles. The molecule has 0 spiro atoms. The van der Waals surface area contributed by atoms with E-state index in [0.717, 1.165) is 31.4 Å². The number of hydrogen-bond donors (Lipinski definition) is 2. The van der Waals surface area contributed by atoms with Crippen LogP contribution in [0.3, 0.4) is 0 Å². The Hall–Kier alpha value is -3.69. The zero-order valence-corrected chi connectivity index (χ0v) is 18.4. The maximum Gasteiger partial charge on any atom is 0.228 e. The van der Waals surface area contributed by atoms with Crippen LogP contribution in [0.2, 0.25) is 0 Å². The molecule has 170 valence electrons. The molecule has 1 amide bonds. The maximum atomic E-state index is 14.5. The Morgan fingerprint density at radius 3 is 2.94 bits per heavy atom. The molecule has 2 aliphatic rings. The maximum absolute atomic E-state index is 14.5. The molecule has 0 bridgehead atoms. The van der Waals surface area contributed by atoms with Gasteiger partial charge in [0.05, 0.1) is 12.5 Å². The number of carbonyl (C=O) groups excluding carboxylic acids is 1. The van der Waals surface area contributed by atoms with E-state index < -0.39 is 5.82 Å². The van der Waals surface area contributed by atoms with E-state index in [2.05, 4.69) is 32.2 Å². The quantitative estimate of drug-likeness (QED) is 0.485. The Morgan fingerprint density at radius 1 is 1.33 bits per heavy atom. The van der Waals surface area contributed by atoms with Gasteiger partial charge in [-0.2, -0.15) is 9.97 Å². The van der Waals surface area contributed by atoms with E-state index in [0.29, 0.717) is 34.8 Å². The van der Waals surface area contributed by atoms with E-state index >= 15 is 0 Å². The number of H-pyrrole nitrogens is 1. The summed E-state index contributed by atoms with van der Waals surface area (Å²) in [5.74, 6) is 0.708. The first kappa shape index (κ1) is 20.0. The van der Waals surface area contributed by atoms with Gasteiger partial charge in [0.15, 0.2) is 11.5 Å². The summed E-state index contributed by atoms with van der Waals surface area (Å²) in [6.45, 7) is 2.99. The zero-order chi connectivity index (χ0) is 22.7. The summed E-state index contributed by atoms with van der Waals surface area (Å²) in [5, 5.41) is 4.07. The van der Waals surface area contributed by atoms with Gasteiger partial charge in [-0.1, -0.05) is 0 Å². The highest BCUT2D eigenvalue weighted by Crippen LogP contribution is 2.41. The predicted octanol–water partition coefficient (Wildman–Crippen LogP) is 3.38. The molecule has 0 atom stereocenters. The van der Waals surface area contributed by atoms with Crippen molar-refractivity contribution in [1.29, 1.82) is 0 Å². The first-order valence-corrected chi connectivity index (χ1v) is 11.1. The highest BCUT2D eigenvalue weighted by atomic mass is 19.1. The Balaban J connectivity index is 1.29. The van der Waals surface area contributed by atoms with Gasteiger partial charge in [-0.15, -0.1) is 0 Å². The fourth-order valence-electron chi connectivity index (χ4n) is 5.30. The monoisotopic (exact) mass is 449 g/mol. The minimum absolute atomic E-state index is 0.102. The van der Waals surface area contributed by atoms with E-state index in [1.807, 2.05) is 11.1 Å². The molecule has 4 aromatic rings. The van der Waals surface area contributed by atoms with Gasteiger partial charge in [-0.25, -0.2) is 9.37 Å². The number of amides is 1. The number of rotatable bonds is 5. The molecule has 2 fully saturated rings. The molecule has 0 unspecified atom stereocenters. The minimum atomic E-state index is -0.408. The first-order valence-electron chi connectivity index (χ1n) is 11.1. The largest absolute Gasteiger partial charge is 0.480 e. The first-order chi connectivity index (χ1) is 15.9. The summed E-state index contributed by atoms with van der Waals surface area (Å²) in [7, 11) is 1.56. The van der Waals surface area contributed by atoms with Gasteiger partial charge >= 0.3 is 0 Å². The molecule has 33 heavy (non-hydrogen) atoms. The van der Waals surface area contributed by atoms with E-state index in [1.165, 1.54) is 6.07 Å². The summed E-state index contributed by atoms with van der Waals surface area (Å²) in [5.41, 5.74) is 2.18. The van der Waals surface area contributed by atoms with Crippen LogP contribution in [0.15, 0.2) is 30.9 Å². The SMILES string of the molecule is COc1nc(N[C@H]2C[C@](C)(N3CCCC3=O)C2)nc2[nH]cc(-c3cc(F)c4nccn4c3)c12. The third-order valence-corrected chi connectivity index (χ3v) is 6.88. The lowest BCUT2D eigenvalue weighted by Crippen LogP contribution is -2.59. The van der Waals surface area contributed by atoms with Crippen molar-refractivity contribution in [3.05, 3.63) is 36.7 Å². The number of pyridine rings is 1. The fraction of sp³-hybridized carbons (Fsp3) is 0.391. The number of methoxy groups -OCH3 is 1. The molecule has 1 aliphatic carbocycles. The van der Waals surface area contributed by atoms with Gasteiger partial charge in [0.25, 0.3) is 0 Å². The molecule has 0 radical (unpaired) electrons. The third kappa shape index (κ3) is 3.12. The lowest BCUT2D eigenvalue weighted by Gasteiger charge is -2.51. The summed E-state index contributed by atoms with van der Waals surface area (Å²) < 4.78 is 21.7. The summed E-state index contributed by atoms with van der Waals surface area (Å²) in [4.78, 5) is 30.6. The van der Waals surface area contributed by atoms with Gasteiger partial charge in [-0.05, 0) is 32.3 Å². The number of ether oxygens (including phenoxy) is 1. The van der Waals surface area contributed by atoms with Crippen LogP contribution in [0, 0.1) is 5.82 Å². The van der Waals surface area contributed by atoms with Gasteiger partial charge < -0.3 is 24.3 Å². The smallest absolute Gasteiger partial charge is 0.228 e. The second-order valence-electron chi connectivity index (χ2n) is 9.11. The number of hydrogen-bond acceptors (Lipinski definition) is 6. The van der Waals surface area contributed by atoms with Crippen molar-refractivity contribution in [3.63, 3.8) is 0 Å². The third-order valence-electron chi connectivity index (χ3n) is 6.88. The lowest BCUT2D eigenvalue weighted by atomic mass is 9.73. The van der Waals surface area contributed by atoms with Crippen molar-refractivity contribution in [3.8, 4) is 17.0 Å². The highest BCUT2D eigenvalue weighted by molar-refractivity contribution is 5.97. The molecule has 6 rings (SSSR count). The van der Waals surface area contributed by atoms with Crippen molar-refractivity contribution in [2.75, 3.05) is 19.0 Å². The number of anilines is 1. The van der Waals surface area contributed by atoms with Gasteiger partial charge in [0.1, 0.15) is 5.65 Å². The van der Waals surface area contributed by atoms with Crippen molar-refractivity contribution >= 4 is 28.5 Å². The average Bonchev–Trinajstić information content (AvgIpc) is 3.51. The molecule has 1 aliphatic heterocycles. The Kier molecular flexibility index (Phi) is 4.33. The topological polar surface area (TPSA) is 100 Å². The zero-order valence-electron chi connectivity index (χ0n) is 18.4. The molecule has 5 heterocycles. The second kappa shape index (κ2) is 7.16. The molecule has 2 N–H and O–H groups in total. The average molecular weight is 449 g/mol. The van der Waals surface area contributed by atoms with E-state index in [1.54, 1.807) is 30.1 Å². The van der Waals surface area contributed by atoms with Gasteiger partial charge in [-0.3, -0.25) is 4.79 Å². The number of halogens is 1. The van der Waals surface area contributed by atoms with E-state index in [-0.39, 0.29) is 23.1 Å². The standard InChI is InChI=1S/C23H24FN7O2/c1-23(31-6-3-4-17(31)32)9-14(10-23)27-22-28-19-18(21(29-22)33-2)15(11-26-19)13-8-16(24)20-25-5-7-30(20)12-13/h5,7-8,11-12,14H,3-4,6,9-10H2,1-2H3,(H2,26,27,28,29)/t14-,23-. The second-order valence-corrected chi connectivity index (χ2v) is 9.11. The Morgan fingerprint density at radius 2 is 2.18 bits per heavy atom. The van der Waals surface area contributed by atoms with Crippen molar-refractivity contribution in [2.45, 2.75) is 44.2 Å². The van der Waals surface area contributed by atoms with Gasteiger partial charge in [0, 0.05) is 60.5 Å². The van der Waals surface area contributed by atoms with E-state index in [9.17, 15) is 9.18 Å². The van der Waals surface area contributed by atoms with Crippen molar-refractivity contribution in [1.82, 2.24) is 29.2 Å². The molecular formula is C23H24FN7O2. The number of nitrogens with zero attached hydrogens (tertiary/aromatic N) is 5. The summed E-state index contributed by atoms with van der Waals surface area (Å²) >= 11 is 0. The van der Waals surface area contributed by atoms with Crippen LogP contribution < -0.4 is 10.1 Å². The summed E-state index contributed by atoms with van der Waals surface area (Å²) in [6.07, 6.45) is 10.1. The van der Waals surface area contributed by atoms with Crippen molar-refractivity contribution in [2.24, 2.45) is 0 Å². The minimum Gasteiger partial charge on any atom is -0.480 e. The van der Waals surface area contributed by atoms with Crippen LogP contribution in [-0.2, 0) is 4.79 Å². The number of nitrogens with one attached hydrogen (secondary N) is 2.